The molecule has 0 aliphatic rings. The molecule has 0 saturated carbocycles. The molecule has 170 valence electrons. The van der Waals surface area contributed by atoms with Gasteiger partial charge in [-0.25, -0.2) is 0 Å². The van der Waals surface area contributed by atoms with Crippen molar-refractivity contribution in [1.29, 1.82) is 0 Å². The Hall–Kier alpha value is -2.83. The highest BCUT2D eigenvalue weighted by molar-refractivity contribution is 7.99. The Morgan fingerprint density at radius 1 is 0.767 bits per heavy atom. The molecule has 0 heterocycles. The van der Waals surface area contributed by atoms with Crippen LogP contribution in [0.5, 0.6) is 0 Å². The molecule has 0 aromatic carbocycles. The molecule has 12 nitrogen and oxygen atoms in total. The van der Waals surface area contributed by atoms with Crippen LogP contribution in [0.4, 0.5) is 0 Å². The summed E-state index contributed by atoms with van der Waals surface area (Å²) in [5.41, 5.74) is 0. The van der Waals surface area contributed by atoms with Gasteiger partial charge in [-0.2, -0.15) is 11.8 Å². The van der Waals surface area contributed by atoms with E-state index in [4.69, 9.17) is 0 Å². The molecule has 30 heavy (non-hydrogen) atoms. The number of carbonyl (C=O) groups is 6. The molecule has 2 atom stereocenters. The van der Waals surface area contributed by atoms with E-state index in [1.807, 2.05) is 0 Å². The van der Waals surface area contributed by atoms with Gasteiger partial charge in [-0.05, 0) is 12.2 Å². The van der Waals surface area contributed by atoms with Crippen LogP contribution in [0.25, 0.3) is 0 Å². The van der Waals surface area contributed by atoms with Crippen molar-refractivity contribution in [1.82, 2.24) is 21.3 Å². The molecular weight excluding hydrogens is 420 g/mol. The first-order chi connectivity index (χ1) is 14.1. The maximum Gasteiger partial charge on any atom is 0.325 e. The topological polar surface area (TPSA) is 169 Å². The molecule has 0 bridgehead atoms. The van der Waals surface area contributed by atoms with Crippen LogP contribution in [0.3, 0.4) is 0 Å². The first kappa shape index (κ1) is 27.2. The van der Waals surface area contributed by atoms with Crippen molar-refractivity contribution in [2.75, 3.05) is 38.8 Å². The first-order valence-corrected chi connectivity index (χ1v) is 10.1. The predicted octanol–water partition coefficient (Wildman–Crippen LogP) is -2.30. The van der Waals surface area contributed by atoms with Crippen LogP contribution in [-0.2, 0) is 38.2 Å². The number of nitrogens with one attached hydrogen (secondary N) is 4. The van der Waals surface area contributed by atoms with E-state index in [1.54, 1.807) is 0 Å². The predicted molar refractivity (Wildman–Crippen MR) is 107 cm³/mol. The minimum absolute atomic E-state index is 0.170. The Balaban J connectivity index is 4.67. The second-order valence-electron chi connectivity index (χ2n) is 5.96. The number of carbonyl (C=O) groups excluding carboxylic acids is 6. The number of hydrogen-bond donors (Lipinski definition) is 4. The van der Waals surface area contributed by atoms with Crippen LogP contribution < -0.4 is 21.3 Å². The van der Waals surface area contributed by atoms with E-state index in [-0.39, 0.29) is 25.3 Å². The van der Waals surface area contributed by atoms with Gasteiger partial charge in [-0.3, -0.25) is 28.8 Å². The van der Waals surface area contributed by atoms with Gasteiger partial charge in [0.05, 0.1) is 14.2 Å². The number of thioether (sulfide) groups is 1. The van der Waals surface area contributed by atoms with E-state index >= 15 is 0 Å². The summed E-state index contributed by atoms with van der Waals surface area (Å²) in [7, 11) is 2.37. The lowest BCUT2D eigenvalue weighted by Crippen LogP contribution is -2.49. The highest BCUT2D eigenvalue weighted by Gasteiger charge is 2.22. The summed E-state index contributed by atoms with van der Waals surface area (Å²) in [4.78, 5) is 69.2. The molecule has 1 unspecified atom stereocenters. The number of ether oxygens (including phenoxy) is 2. The Bertz CT molecular complexity index is 589. The van der Waals surface area contributed by atoms with E-state index in [0.29, 0.717) is 5.75 Å². The van der Waals surface area contributed by atoms with Crippen molar-refractivity contribution in [3.63, 3.8) is 0 Å². The van der Waals surface area contributed by atoms with Crippen LogP contribution in [-0.4, -0.2) is 86.5 Å². The van der Waals surface area contributed by atoms with Crippen LogP contribution in [0.1, 0.15) is 20.3 Å². The third kappa shape index (κ3) is 12.6. The summed E-state index contributed by atoms with van der Waals surface area (Å²) in [6, 6.07) is -1.78. The number of methoxy groups -OCH3 is 2. The fourth-order valence-corrected chi connectivity index (χ4v) is 3.09. The lowest BCUT2D eigenvalue weighted by atomic mass is 10.2. The van der Waals surface area contributed by atoms with E-state index in [9.17, 15) is 28.8 Å². The zero-order chi connectivity index (χ0) is 23.1. The van der Waals surface area contributed by atoms with Gasteiger partial charge in [0.2, 0.25) is 23.6 Å². The Morgan fingerprint density at radius 2 is 1.20 bits per heavy atom. The average molecular weight is 448 g/mol. The summed E-state index contributed by atoms with van der Waals surface area (Å²) in [6.07, 6.45) is 0.216. The van der Waals surface area contributed by atoms with E-state index in [1.165, 1.54) is 39.8 Å². The highest BCUT2D eigenvalue weighted by atomic mass is 32.2. The average Bonchev–Trinajstić information content (AvgIpc) is 2.70. The second kappa shape index (κ2) is 15.1. The van der Waals surface area contributed by atoms with Crippen LogP contribution in [0.2, 0.25) is 0 Å². The molecule has 0 saturated heterocycles. The molecule has 4 N–H and O–H groups in total. The molecule has 0 spiro atoms. The minimum atomic E-state index is -0.899. The number of amides is 4. The SMILES string of the molecule is COC(=O)CNC(=O)C(CCSC[C@H](NC(C)=O)C(=O)NCC(=O)OC)NC(C)=O. The van der Waals surface area contributed by atoms with Gasteiger partial charge in [0.25, 0.3) is 0 Å². The Kier molecular flexibility index (Phi) is 13.6. The zero-order valence-corrected chi connectivity index (χ0v) is 18.2. The van der Waals surface area contributed by atoms with Gasteiger partial charge in [0.1, 0.15) is 25.2 Å². The lowest BCUT2D eigenvalue weighted by molar-refractivity contribution is -0.141. The van der Waals surface area contributed by atoms with Crippen molar-refractivity contribution < 1.29 is 38.2 Å². The van der Waals surface area contributed by atoms with Crippen molar-refractivity contribution in [3.05, 3.63) is 0 Å². The highest BCUT2D eigenvalue weighted by Crippen LogP contribution is 2.08. The third-order valence-corrected chi connectivity index (χ3v) is 4.59. The fraction of sp³-hybridized carbons (Fsp3) is 0.647. The lowest BCUT2D eigenvalue weighted by Gasteiger charge is -2.19. The van der Waals surface area contributed by atoms with Gasteiger partial charge in [-0.1, -0.05) is 0 Å². The van der Waals surface area contributed by atoms with Crippen molar-refractivity contribution in [3.8, 4) is 0 Å². The largest absolute Gasteiger partial charge is 0.468 e. The van der Waals surface area contributed by atoms with Gasteiger partial charge in [-0.15, -0.1) is 0 Å². The molecule has 0 aromatic heterocycles. The molecule has 0 rings (SSSR count). The van der Waals surface area contributed by atoms with Crippen LogP contribution >= 0.6 is 11.8 Å². The second-order valence-corrected chi connectivity index (χ2v) is 7.11. The summed E-state index contributed by atoms with van der Waals surface area (Å²) in [5.74, 6) is -2.68. The summed E-state index contributed by atoms with van der Waals surface area (Å²) >= 11 is 1.26. The normalized spacial score (nSPS) is 12.0. The summed E-state index contributed by atoms with van der Waals surface area (Å²) < 4.78 is 8.87. The smallest absolute Gasteiger partial charge is 0.325 e. The maximum atomic E-state index is 12.2. The van der Waals surface area contributed by atoms with Crippen molar-refractivity contribution in [2.24, 2.45) is 0 Å². The minimum Gasteiger partial charge on any atom is -0.468 e. The molecule has 0 fully saturated rings. The van der Waals surface area contributed by atoms with Crippen LogP contribution in [0.15, 0.2) is 0 Å². The quantitative estimate of drug-likeness (QED) is 0.179. The van der Waals surface area contributed by atoms with Gasteiger partial charge < -0.3 is 30.7 Å². The zero-order valence-electron chi connectivity index (χ0n) is 17.4. The fourth-order valence-electron chi connectivity index (χ4n) is 2.05. The third-order valence-electron chi connectivity index (χ3n) is 3.49. The molecule has 0 aliphatic heterocycles. The van der Waals surface area contributed by atoms with Gasteiger partial charge >= 0.3 is 11.9 Å². The standard InChI is InChI=1S/C17H28N4O8S/c1-10(22)20-12(16(26)18-7-14(24)28-3)5-6-30-9-13(21-11(2)23)17(27)19-8-15(25)29-4/h12-13H,5-9H2,1-4H3,(H,18,26)(H,19,27)(H,20,22)(H,21,23)/t12?,13-/m0/s1. The maximum absolute atomic E-state index is 12.2. The first-order valence-electron chi connectivity index (χ1n) is 8.91. The van der Waals surface area contributed by atoms with E-state index < -0.39 is 47.7 Å². The Labute approximate surface area is 178 Å². The van der Waals surface area contributed by atoms with Crippen LogP contribution in [0, 0.1) is 0 Å². The van der Waals surface area contributed by atoms with Crippen molar-refractivity contribution >= 4 is 47.3 Å². The molecule has 13 heteroatoms. The van der Waals surface area contributed by atoms with E-state index in [2.05, 4.69) is 30.7 Å². The number of rotatable bonds is 13. The summed E-state index contributed by atoms with van der Waals surface area (Å²) in [5, 5.41) is 9.69. The Morgan fingerprint density at radius 3 is 1.63 bits per heavy atom. The molecular formula is C17H28N4O8S. The number of esters is 2. The van der Waals surface area contributed by atoms with Gasteiger partial charge in [0.15, 0.2) is 0 Å². The summed E-state index contributed by atoms with van der Waals surface area (Å²) in [6.45, 7) is 1.85. The molecule has 0 radical (unpaired) electrons. The number of hydrogen-bond acceptors (Lipinski definition) is 9. The molecule has 4 amide bonds. The molecule has 0 aliphatic carbocycles. The van der Waals surface area contributed by atoms with Gasteiger partial charge in [0, 0.05) is 19.6 Å². The van der Waals surface area contributed by atoms with E-state index in [0.717, 1.165) is 0 Å². The molecule has 0 aromatic rings. The monoisotopic (exact) mass is 448 g/mol. The van der Waals surface area contributed by atoms with Crippen molar-refractivity contribution in [2.45, 2.75) is 32.4 Å².